The lowest BCUT2D eigenvalue weighted by Crippen LogP contribution is -2.37. The van der Waals surface area contributed by atoms with Crippen LogP contribution < -0.4 is 10.7 Å². The van der Waals surface area contributed by atoms with E-state index in [1.165, 1.54) is 6.21 Å². The Bertz CT molecular complexity index is 441. The molecule has 0 saturated heterocycles. The number of hydrogen-bond donors (Lipinski definition) is 2. The Morgan fingerprint density at radius 3 is 2.65 bits per heavy atom. The minimum absolute atomic E-state index is 0.410. The first kappa shape index (κ1) is 12.9. The summed E-state index contributed by atoms with van der Waals surface area (Å²) in [6.45, 7) is 4.09. The van der Waals surface area contributed by atoms with E-state index in [-0.39, 0.29) is 0 Å². The van der Waals surface area contributed by atoms with Crippen molar-refractivity contribution in [3.05, 3.63) is 35.4 Å². The standard InChI is InChI=1S/C12H15N3O2/c1-3-13-11(16)12(17)15-14-8-10-7-5-4-6-9(10)2/h4-8H,3H2,1-2H3,(H,13,16)(H,15,17)/b14-8-. The van der Waals surface area contributed by atoms with Crippen LogP contribution in [0.25, 0.3) is 0 Å². The number of nitrogens with zero attached hydrogens (tertiary/aromatic N) is 1. The molecule has 0 aromatic heterocycles. The summed E-state index contributed by atoms with van der Waals surface area (Å²) in [7, 11) is 0. The zero-order chi connectivity index (χ0) is 12.7. The molecule has 0 fully saturated rings. The van der Waals surface area contributed by atoms with Gasteiger partial charge in [-0.3, -0.25) is 9.59 Å². The van der Waals surface area contributed by atoms with Gasteiger partial charge in [0.2, 0.25) is 0 Å². The summed E-state index contributed by atoms with van der Waals surface area (Å²) in [4.78, 5) is 22.2. The first-order chi connectivity index (χ1) is 8.15. The van der Waals surface area contributed by atoms with Gasteiger partial charge in [0.15, 0.2) is 0 Å². The maximum atomic E-state index is 11.2. The molecule has 0 bridgehead atoms. The molecule has 0 aliphatic heterocycles. The monoisotopic (exact) mass is 233 g/mol. The van der Waals surface area contributed by atoms with Gasteiger partial charge in [0.05, 0.1) is 6.21 Å². The number of rotatable bonds is 3. The third-order valence-electron chi connectivity index (χ3n) is 2.10. The van der Waals surface area contributed by atoms with Crippen LogP contribution in [0.15, 0.2) is 29.4 Å². The van der Waals surface area contributed by atoms with Gasteiger partial charge in [-0.15, -0.1) is 0 Å². The maximum absolute atomic E-state index is 11.2. The predicted octanol–water partition coefficient (Wildman–Crippen LogP) is 0.581. The van der Waals surface area contributed by atoms with Crippen molar-refractivity contribution in [3.8, 4) is 0 Å². The average molecular weight is 233 g/mol. The molecule has 0 aliphatic rings. The van der Waals surface area contributed by atoms with Gasteiger partial charge in [-0.2, -0.15) is 5.10 Å². The van der Waals surface area contributed by atoms with Crippen LogP contribution in [-0.4, -0.2) is 24.6 Å². The van der Waals surface area contributed by atoms with Crippen LogP contribution in [0.5, 0.6) is 0 Å². The van der Waals surface area contributed by atoms with E-state index in [2.05, 4.69) is 15.8 Å². The highest BCUT2D eigenvalue weighted by atomic mass is 16.2. The predicted molar refractivity (Wildman–Crippen MR) is 65.6 cm³/mol. The third kappa shape index (κ3) is 4.06. The van der Waals surface area contributed by atoms with Crippen molar-refractivity contribution in [1.82, 2.24) is 10.7 Å². The number of likely N-dealkylation sites (N-methyl/N-ethyl adjacent to an activating group) is 1. The van der Waals surface area contributed by atoms with E-state index >= 15 is 0 Å². The molecule has 5 heteroatoms. The molecule has 0 spiro atoms. The Labute approximate surface area is 99.9 Å². The number of amides is 2. The molecular formula is C12H15N3O2. The normalized spacial score (nSPS) is 10.2. The highest BCUT2D eigenvalue weighted by molar-refractivity contribution is 6.35. The minimum atomic E-state index is -0.767. The fourth-order valence-corrected chi connectivity index (χ4v) is 1.18. The molecule has 5 nitrogen and oxygen atoms in total. The van der Waals surface area contributed by atoms with E-state index < -0.39 is 11.8 Å². The molecular weight excluding hydrogens is 218 g/mol. The van der Waals surface area contributed by atoms with Gasteiger partial charge in [0.25, 0.3) is 0 Å². The Hall–Kier alpha value is -2.17. The van der Waals surface area contributed by atoms with Gasteiger partial charge in [0, 0.05) is 6.54 Å². The Balaban J connectivity index is 2.54. The van der Waals surface area contributed by atoms with Crippen molar-refractivity contribution in [2.45, 2.75) is 13.8 Å². The second kappa shape index (κ2) is 6.42. The fourth-order valence-electron chi connectivity index (χ4n) is 1.18. The molecule has 1 aromatic rings. The van der Waals surface area contributed by atoms with Gasteiger partial charge in [-0.25, -0.2) is 5.43 Å². The summed E-state index contributed by atoms with van der Waals surface area (Å²) in [5.41, 5.74) is 4.10. The van der Waals surface area contributed by atoms with E-state index in [0.717, 1.165) is 11.1 Å². The smallest absolute Gasteiger partial charge is 0.329 e. The van der Waals surface area contributed by atoms with E-state index in [9.17, 15) is 9.59 Å². The van der Waals surface area contributed by atoms with Crippen molar-refractivity contribution >= 4 is 18.0 Å². The lowest BCUT2D eigenvalue weighted by atomic mass is 10.1. The van der Waals surface area contributed by atoms with Crippen LogP contribution in [0.2, 0.25) is 0 Å². The summed E-state index contributed by atoms with van der Waals surface area (Å²) >= 11 is 0. The fraction of sp³-hybridized carbons (Fsp3) is 0.250. The first-order valence-electron chi connectivity index (χ1n) is 5.32. The molecule has 17 heavy (non-hydrogen) atoms. The SMILES string of the molecule is CCNC(=O)C(=O)N/N=C\c1ccccc1C. The van der Waals surface area contributed by atoms with Gasteiger partial charge < -0.3 is 5.32 Å². The maximum Gasteiger partial charge on any atom is 0.329 e. The molecule has 1 aromatic carbocycles. The minimum Gasteiger partial charge on any atom is -0.348 e. The second-order valence-electron chi connectivity index (χ2n) is 3.42. The number of hydrazone groups is 1. The topological polar surface area (TPSA) is 70.6 Å². The van der Waals surface area contributed by atoms with Crippen molar-refractivity contribution < 1.29 is 9.59 Å². The first-order valence-corrected chi connectivity index (χ1v) is 5.32. The molecule has 90 valence electrons. The number of hydrogen-bond acceptors (Lipinski definition) is 3. The van der Waals surface area contributed by atoms with Crippen LogP contribution >= 0.6 is 0 Å². The Kier molecular flexibility index (Phi) is 4.87. The largest absolute Gasteiger partial charge is 0.348 e. The van der Waals surface area contributed by atoms with Crippen molar-refractivity contribution in [3.63, 3.8) is 0 Å². The zero-order valence-corrected chi connectivity index (χ0v) is 9.86. The van der Waals surface area contributed by atoms with Crippen LogP contribution in [-0.2, 0) is 9.59 Å². The number of aryl methyl sites for hydroxylation is 1. The number of nitrogens with one attached hydrogen (secondary N) is 2. The molecule has 0 saturated carbocycles. The van der Waals surface area contributed by atoms with Crippen molar-refractivity contribution in [2.75, 3.05) is 6.54 Å². The number of benzene rings is 1. The summed E-state index contributed by atoms with van der Waals surface area (Å²) in [6.07, 6.45) is 1.51. The Morgan fingerprint density at radius 2 is 2.00 bits per heavy atom. The highest BCUT2D eigenvalue weighted by Gasteiger charge is 2.09. The van der Waals surface area contributed by atoms with E-state index in [0.29, 0.717) is 6.54 Å². The molecule has 0 radical (unpaired) electrons. The zero-order valence-electron chi connectivity index (χ0n) is 9.86. The summed E-state index contributed by atoms with van der Waals surface area (Å²) in [5.74, 6) is -1.45. The highest BCUT2D eigenvalue weighted by Crippen LogP contribution is 2.02. The van der Waals surface area contributed by atoms with Gasteiger partial charge in [-0.05, 0) is 25.0 Å². The second-order valence-corrected chi connectivity index (χ2v) is 3.42. The quantitative estimate of drug-likeness (QED) is 0.455. The lowest BCUT2D eigenvalue weighted by molar-refractivity contribution is -0.139. The van der Waals surface area contributed by atoms with Crippen molar-refractivity contribution in [1.29, 1.82) is 0 Å². The molecule has 0 aliphatic carbocycles. The molecule has 0 atom stereocenters. The van der Waals surface area contributed by atoms with E-state index in [1.807, 2.05) is 31.2 Å². The van der Waals surface area contributed by atoms with Crippen LogP contribution in [0, 0.1) is 6.92 Å². The molecule has 0 unspecified atom stereocenters. The third-order valence-corrected chi connectivity index (χ3v) is 2.10. The van der Waals surface area contributed by atoms with Gasteiger partial charge in [0.1, 0.15) is 0 Å². The van der Waals surface area contributed by atoms with Crippen LogP contribution in [0.3, 0.4) is 0 Å². The number of carbonyl (C=O) groups excluding carboxylic acids is 2. The molecule has 2 N–H and O–H groups in total. The van der Waals surface area contributed by atoms with E-state index in [4.69, 9.17) is 0 Å². The average Bonchev–Trinajstić information content (AvgIpc) is 2.31. The van der Waals surface area contributed by atoms with Gasteiger partial charge in [-0.1, -0.05) is 24.3 Å². The van der Waals surface area contributed by atoms with E-state index in [1.54, 1.807) is 6.92 Å². The Morgan fingerprint density at radius 1 is 1.29 bits per heavy atom. The van der Waals surface area contributed by atoms with Gasteiger partial charge >= 0.3 is 11.8 Å². The lowest BCUT2D eigenvalue weighted by Gasteiger charge is -2.00. The molecule has 0 heterocycles. The van der Waals surface area contributed by atoms with Crippen LogP contribution in [0.1, 0.15) is 18.1 Å². The molecule has 1 rings (SSSR count). The number of carbonyl (C=O) groups is 2. The molecule has 2 amide bonds. The van der Waals surface area contributed by atoms with Crippen molar-refractivity contribution in [2.24, 2.45) is 5.10 Å². The van der Waals surface area contributed by atoms with Crippen LogP contribution in [0.4, 0.5) is 0 Å². The summed E-state index contributed by atoms with van der Waals surface area (Å²) in [6, 6.07) is 7.60. The summed E-state index contributed by atoms with van der Waals surface area (Å²) < 4.78 is 0. The summed E-state index contributed by atoms with van der Waals surface area (Å²) in [5, 5.41) is 6.10.